The molecular weight excluding hydrogens is 2120 g/mol. The zero-order valence-corrected chi connectivity index (χ0v) is 78.4. The number of nitrogen functional groups attached to an aromatic ring is 3. The number of aliphatic imine (C=N–C) groups is 2. The molecule has 8 aromatic rings. The first kappa shape index (κ1) is 149. The van der Waals surface area contributed by atoms with Gasteiger partial charge in [-0.15, -0.1) is 0 Å². The molecule has 5 radical (unpaired) electrons. The van der Waals surface area contributed by atoms with Crippen LogP contribution >= 0.6 is 154 Å². The van der Waals surface area contributed by atoms with Crippen molar-refractivity contribution in [2.24, 2.45) is 20.0 Å². The van der Waals surface area contributed by atoms with Crippen LogP contribution in [0.4, 0.5) is 38.8 Å². The van der Waals surface area contributed by atoms with E-state index < -0.39 is 5.20 Å². The molecule has 0 aliphatic carbocycles. The summed E-state index contributed by atoms with van der Waals surface area (Å²) >= 11 is 40.9. The second-order valence-corrected chi connectivity index (χ2v) is 27.1. The number of hydrogen-bond donors (Lipinski definition) is 8. The number of hydrogen-bond acceptors (Lipinski definition) is 12. The first-order valence-electron chi connectivity index (χ1n) is 27.3. The van der Waals surface area contributed by atoms with E-state index >= 15 is 0 Å². The van der Waals surface area contributed by atoms with Crippen molar-refractivity contribution in [3.8, 4) is 0 Å². The molecule has 33 heteroatoms. The molecule has 1 amide bonds. The van der Waals surface area contributed by atoms with E-state index in [2.05, 4.69) is 211 Å². The zero-order chi connectivity index (χ0) is 73.7. The Labute approximate surface area is 732 Å². The zero-order valence-electron chi connectivity index (χ0n) is 56.0. The van der Waals surface area contributed by atoms with Gasteiger partial charge in [-0.25, -0.2) is 4.85 Å². The minimum Gasteiger partial charge on any atom is 0 e. The number of halogens is 9. The first-order valence-corrected chi connectivity index (χ1v) is 41.0. The van der Waals surface area contributed by atoms with E-state index in [4.69, 9.17) is 39.4 Å². The van der Waals surface area contributed by atoms with E-state index in [0.29, 0.717) is 16.8 Å². The largest absolute Gasteiger partial charge is 0 e. The summed E-state index contributed by atoms with van der Waals surface area (Å²) in [6, 6.07) is 55.3. The number of rotatable bonds is 4. The molecule has 0 unspecified atom stereocenters. The molecular formula is C68H111BBr5Cl3IN11O5PSSe4V-. The molecule has 0 aliphatic heterocycles. The van der Waals surface area contributed by atoms with Crippen LogP contribution in [0.1, 0.15) is 134 Å². The summed E-state index contributed by atoms with van der Waals surface area (Å²) in [5.41, 5.74) is 27.6. The molecule has 0 aliphatic rings. The number of thiol groups is 1. The van der Waals surface area contributed by atoms with Crippen molar-refractivity contribution in [1.29, 1.82) is 0 Å². The number of para-hydroxylation sites is 7. The minimum absolute atomic E-state index is 0. The third-order valence-corrected chi connectivity index (χ3v) is 12.8. The van der Waals surface area contributed by atoms with Crippen molar-refractivity contribution >= 4 is 296 Å². The van der Waals surface area contributed by atoms with Crippen LogP contribution in [0.25, 0.3) is 14.6 Å². The summed E-state index contributed by atoms with van der Waals surface area (Å²) in [4.78, 5) is 37.0. The number of aromatic nitrogens is 1. The van der Waals surface area contributed by atoms with Gasteiger partial charge in [0.1, 0.15) is 0 Å². The maximum Gasteiger partial charge on any atom is 0 e. The molecule has 0 saturated carbocycles. The van der Waals surface area contributed by atoms with Gasteiger partial charge in [0.05, 0.1) is 12.3 Å². The molecule has 15 N–H and O–H groups in total. The smallest absolute Gasteiger partial charge is 0 e. The molecule has 0 saturated heterocycles. The number of benzene rings is 7. The molecule has 7 aromatic carbocycles. The molecule has 0 atom stereocenters. The Morgan fingerprint density at radius 3 is 1.25 bits per heavy atom. The van der Waals surface area contributed by atoms with Gasteiger partial charge < -0.3 is 56.1 Å². The van der Waals surface area contributed by atoms with Gasteiger partial charge in [-0.1, -0.05) is 217 Å². The molecule has 575 valence electrons. The van der Waals surface area contributed by atoms with E-state index in [0.717, 1.165) is 61.0 Å². The van der Waals surface area contributed by atoms with Crippen molar-refractivity contribution in [2.75, 3.05) is 22.5 Å². The summed E-state index contributed by atoms with van der Waals surface area (Å²) in [5, 5.41) is 6.22. The van der Waals surface area contributed by atoms with Crippen molar-refractivity contribution in [3.63, 3.8) is 0 Å². The molecule has 0 fully saturated rings. The molecule has 1 heterocycles. The van der Waals surface area contributed by atoms with Gasteiger partial charge in [0.25, 0.3) is 6.47 Å². The SMILES string of the molecule is C.C.C.C.C.CC.CC.CC.CC.CC.CC.CC.N.NC([Se])=Nc1ccccc1Br.Nc1ccccc1.Nc1ccccc1Br.Nc1nc2ccccc2[se]1.O.O=CNc1ccccc1Br.O=CO.O=P(Cl)(Cl)Cl.[B]=NS.[C-]#[N+]c1ccccc1Br.[CH2-]I.[Se].[Se]=C=Nc1ccccc1Br.[V]. The first-order chi connectivity index (χ1) is 44.1. The average molecular weight is 2240 g/mol. The Kier molecular flexibility index (Phi) is 175. The van der Waals surface area contributed by atoms with Crippen LogP contribution in [0.5, 0.6) is 0 Å². The third kappa shape index (κ3) is 107. The summed E-state index contributed by atoms with van der Waals surface area (Å²) in [5.74, 6) is 0. The predicted molar refractivity (Wildman–Crippen MR) is 493 cm³/mol. The van der Waals surface area contributed by atoms with Crippen molar-refractivity contribution < 1.29 is 43.3 Å². The number of amidine groups is 1. The molecule has 8 rings (SSSR count). The van der Waals surface area contributed by atoms with Gasteiger partial charge in [0.15, 0.2) is 0 Å². The Hall–Kier alpha value is -1.88. The predicted octanol–water partition coefficient (Wildman–Crippen LogP) is 26.1. The Morgan fingerprint density at radius 1 is 0.644 bits per heavy atom. The van der Waals surface area contributed by atoms with Crippen LogP contribution in [-0.4, -0.2) is 109 Å². The Morgan fingerprint density at radius 2 is 0.960 bits per heavy atom. The number of anilines is 4. The maximum atomic E-state index is 9.99. The number of amides is 1. The third-order valence-electron chi connectivity index (χ3n) is 7.18. The number of fused-ring (bicyclic) bond motifs is 1. The minimum atomic E-state index is -3.22. The van der Waals surface area contributed by atoms with Gasteiger partial charge >= 0.3 is 251 Å². The van der Waals surface area contributed by atoms with Gasteiger partial charge in [0.2, 0.25) is 12.1 Å². The quantitative estimate of drug-likeness (QED) is 0.00948. The number of carboxylic acid groups (broad SMARTS) is 1. The standard InChI is InChI=1S/C7H6BrN2Se.C7H6BrNO.C7H4BrNSe.C7H4BrN.C7H6N2Se.C6H6BrN.C6H7N.7C2H6.CH2I.CH2O2.5CH4.BHNS.Cl3OP.H3N.H2O.Se.V/c8-5-3-1-2-4-6(5)10-7(9)11;2*8-6-3-1-2-4-7(6)9-5-10;1-9-7-5-3-2-4-6(7)8;8-7-9-5-3-1-2-4-6(5)10-7;7-5-3-1-2-4-6(5)8;7-6-4-2-1-3-5-6;8*1-2;2-1-3;;;;;;1-2-3;1-5(2,3)4;;;;/h1-4H,(H2,9,10);1-5H,(H,9,10);1-4H;2-5H;1-4H,(H2,8,9);1-4H,8H2;1-5H,7H2;7*1-2H3;1H2;1H,(H,2,3);5*1H4;3H;;1H3;1H2;;/q;;;;;;;;;;;;;;-1;;;;;;;;;;;;. The fourth-order valence-corrected chi connectivity index (χ4v) is 8.01. The van der Waals surface area contributed by atoms with Crippen LogP contribution in [-0.2, 0) is 32.7 Å². The van der Waals surface area contributed by atoms with Crippen LogP contribution in [0, 0.1) is 11.5 Å². The van der Waals surface area contributed by atoms with E-state index in [1.54, 1.807) is 6.07 Å². The van der Waals surface area contributed by atoms with Crippen molar-refractivity contribution in [2.45, 2.75) is 134 Å². The summed E-state index contributed by atoms with van der Waals surface area (Å²) in [6.07, 6.45) is 0.653. The average Bonchev–Trinajstić information content (AvgIpc) is 1.73. The number of nitrogens with one attached hydrogen (secondary N) is 1. The normalized spacial score (nSPS) is 7.38. The van der Waals surface area contributed by atoms with Gasteiger partial charge in [-0.05, 0) is 102 Å². The molecule has 1 aromatic heterocycles. The Bertz CT molecular complexity index is 3090. The maximum absolute atomic E-state index is 9.99. The van der Waals surface area contributed by atoms with E-state index in [9.17, 15) is 9.36 Å². The number of nitrogens with zero attached hydrogens (tertiary/aromatic N) is 5. The van der Waals surface area contributed by atoms with Crippen LogP contribution < -0.4 is 34.4 Å². The number of carbonyl (C=O) groups is 2. The van der Waals surface area contributed by atoms with Crippen LogP contribution in [0.3, 0.4) is 0 Å². The summed E-state index contributed by atoms with van der Waals surface area (Å²) in [7, 11) is 4.34. The van der Waals surface area contributed by atoms with Crippen molar-refractivity contribution in [3.05, 3.63) is 215 Å². The molecule has 101 heavy (non-hydrogen) atoms. The topological polar surface area (TPSA) is 308 Å². The summed E-state index contributed by atoms with van der Waals surface area (Å²) < 4.78 is 22.0. The van der Waals surface area contributed by atoms with E-state index in [1.165, 1.54) is 4.26 Å². The van der Waals surface area contributed by atoms with Crippen molar-refractivity contribution in [1.82, 2.24) is 11.1 Å². The fourth-order valence-electron chi connectivity index (χ4n) is 4.26. The number of carbonyl (C=O) groups excluding carboxylic acids is 1. The van der Waals surface area contributed by atoms with E-state index in [1.807, 2.05) is 283 Å². The number of nitrogens with two attached hydrogens (primary N) is 4. The molecule has 16 nitrogen and oxygen atoms in total. The van der Waals surface area contributed by atoms with Gasteiger partial charge in [-0.3, -0.25) is 19.1 Å². The van der Waals surface area contributed by atoms with Crippen LogP contribution in [0.15, 0.2) is 213 Å². The van der Waals surface area contributed by atoms with Gasteiger partial charge in [0, 0.05) is 60.4 Å². The monoisotopic (exact) mass is 2230 g/mol. The second kappa shape index (κ2) is 119. The Balaban J connectivity index is -0.0000000427. The molecule has 0 bridgehead atoms. The fraction of sp³-hybridized carbons (Fsp3) is 0.279. The van der Waals surface area contributed by atoms with Crippen LogP contribution in [0.2, 0.25) is 0 Å². The second-order valence-electron chi connectivity index (χ2n) is 12.4. The molecule has 0 spiro atoms. The summed E-state index contributed by atoms with van der Waals surface area (Å²) in [6.45, 7) is 34.4. The van der Waals surface area contributed by atoms with E-state index in [-0.39, 0.29) is 105 Å². The van der Waals surface area contributed by atoms with Gasteiger partial charge in [-0.2, -0.15) is 0 Å².